The average molecular weight is 432 g/mol. The Morgan fingerprint density at radius 3 is 2.32 bits per heavy atom. The second-order valence-electron chi connectivity index (χ2n) is 8.60. The van der Waals surface area contributed by atoms with Crippen LogP contribution in [0.4, 0.5) is 4.79 Å². The van der Waals surface area contributed by atoms with Gasteiger partial charge in [0.25, 0.3) is 0 Å². The van der Waals surface area contributed by atoms with E-state index in [1.807, 2.05) is 38.1 Å². The minimum Gasteiger partial charge on any atom is -0.444 e. The minimum absolute atomic E-state index is 0.152. The zero-order valence-corrected chi connectivity index (χ0v) is 19.7. The lowest BCUT2D eigenvalue weighted by Crippen LogP contribution is -2.52. The van der Waals surface area contributed by atoms with Crippen LogP contribution >= 0.6 is 0 Å². The Balaban J connectivity index is 3.17. The van der Waals surface area contributed by atoms with Crippen LogP contribution in [-0.4, -0.2) is 47.5 Å². The number of rotatable bonds is 10. The standard InChI is InChI=1S/C24H37N3O4/c1-8-10-15-25-21(28)20(19-13-11-17(3)12-14-19)27(16-9-2)22(29)18(4)26-23(30)31-24(5,6)7/h9,11-14,18,20H,2,8,10,15-16H2,1,3-7H3,(H,25,28)(H,26,30). The Morgan fingerprint density at radius 1 is 1.19 bits per heavy atom. The number of nitrogens with zero attached hydrogens (tertiary/aromatic N) is 1. The molecule has 1 aromatic carbocycles. The Hall–Kier alpha value is -2.83. The van der Waals surface area contributed by atoms with Crippen molar-refractivity contribution in [1.82, 2.24) is 15.5 Å². The van der Waals surface area contributed by atoms with Crippen LogP contribution in [0.2, 0.25) is 0 Å². The maximum absolute atomic E-state index is 13.3. The SMILES string of the molecule is C=CCN(C(=O)C(C)NC(=O)OC(C)(C)C)C(C(=O)NCCCC)c1ccc(C)cc1. The molecule has 1 aromatic rings. The van der Waals surface area contributed by atoms with Crippen LogP contribution in [0, 0.1) is 6.92 Å². The van der Waals surface area contributed by atoms with Crippen LogP contribution in [0.15, 0.2) is 36.9 Å². The van der Waals surface area contributed by atoms with E-state index in [9.17, 15) is 14.4 Å². The Bertz CT molecular complexity index is 753. The molecule has 0 bridgehead atoms. The summed E-state index contributed by atoms with van der Waals surface area (Å²) in [7, 11) is 0. The van der Waals surface area contributed by atoms with Gasteiger partial charge in [-0.05, 0) is 46.6 Å². The highest BCUT2D eigenvalue weighted by atomic mass is 16.6. The van der Waals surface area contributed by atoms with Gasteiger partial charge < -0.3 is 20.3 Å². The molecule has 0 radical (unpaired) electrons. The van der Waals surface area contributed by atoms with Crippen LogP contribution in [0.25, 0.3) is 0 Å². The molecule has 0 aliphatic carbocycles. The number of aryl methyl sites for hydroxylation is 1. The number of ether oxygens (including phenoxy) is 1. The van der Waals surface area contributed by atoms with Gasteiger partial charge in [0, 0.05) is 13.1 Å². The molecule has 0 aliphatic heterocycles. The number of hydrogen-bond acceptors (Lipinski definition) is 4. The summed E-state index contributed by atoms with van der Waals surface area (Å²) < 4.78 is 5.25. The Labute approximate surface area is 186 Å². The quantitative estimate of drug-likeness (QED) is 0.435. The minimum atomic E-state index is -0.883. The highest BCUT2D eigenvalue weighted by Crippen LogP contribution is 2.23. The number of carbonyl (C=O) groups is 3. The number of benzene rings is 1. The summed E-state index contributed by atoms with van der Waals surface area (Å²) in [6.45, 7) is 15.2. The van der Waals surface area contributed by atoms with Gasteiger partial charge in [0.2, 0.25) is 11.8 Å². The zero-order valence-electron chi connectivity index (χ0n) is 19.7. The maximum Gasteiger partial charge on any atom is 0.408 e. The molecular formula is C24H37N3O4. The van der Waals surface area contributed by atoms with Gasteiger partial charge in [-0.1, -0.05) is 49.2 Å². The van der Waals surface area contributed by atoms with Crippen LogP contribution in [0.5, 0.6) is 0 Å². The topological polar surface area (TPSA) is 87.7 Å². The van der Waals surface area contributed by atoms with E-state index in [1.54, 1.807) is 33.8 Å². The number of carbonyl (C=O) groups excluding carboxylic acids is 3. The summed E-state index contributed by atoms with van der Waals surface area (Å²) in [5.74, 6) is -0.668. The molecule has 7 nitrogen and oxygen atoms in total. The molecule has 7 heteroatoms. The molecule has 0 saturated carbocycles. The van der Waals surface area contributed by atoms with Gasteiger partial charge in [-0.3, -0.25) is 9.59 Å². The van der Waals surface area contributed by atoms with Gasteiger partial charge in [-0.2, -0.15) is 0 Å². The first-order chi connectivity index (χ1) is 14.5. The molecule has 3 amide bonds. The first-order valence-corrected chi connectivity index (χ1v) is 10.7. The first-order valence-electron chi connectivity index (χ1n) is 10.7. The molecular weight excluding hydrogens is 394 g/mol. The third-order valence-electron chi connectivity index (χ3n) is 4.50. The van der Waals surface area contributed by atoms with Gasteiger partial charge in [-0.25, -0.2) is 4.79 Å². The van der Waals surface area contributed by atoms with Crippen LogP contribution in [-0.2, 0) is 14.3 Å². The molecule has 0 heterocycles. The molecule has 31 heavy (non-hydrogen) atoms. The summed E-state index contributed by atoms with van der Waals surface area (Å²) in [5, 5.41) is 5.49. The summed E-state index contributed by atoms with van der Waals surface area (Å²) in [5.41, 5.74) is 1.06. The number of amides is 3. The predicted octanol–water partition coefficient (Wildman–Crippen LogP) is 3.88. The molecule has 0 fully saturated rings. The average Bonchev–Trinajstić information content (AvgIpc) is 2.67. The van der Waals surface area contributed by atoms with E-state index < -0.39 is 29.7 Å². The van der Waals surface area contributed by atoms with Crippen molar-refractivity contribution in [2.45, 2.75) is 72.1 Å². The largest absolute Gasteiger partial charge is 0.444 e. The maximum atomic E-state index is 13.3. The summed E-state index contributed by atoms with van der Waals surface area (Å²) >= 11 is 0. The lowest BCUT2D eigenvalue weighted by Gasteiger charge is -2.33. The van der Waals surface area contributed by atoms with E-state index in [4.69, 9.17) is 4.74 Å². The highest BCUT2D eigenvalue weighted by molar-refractivity contribution is 5.92. The van der Waals surface area contributed by atoms with E-state index in [0.29, 0.717) is 12.1 Å². The van der Waals surface area contributed by atoms with E-state index in [2.05, 4.69) is 17.2 Å². The van der Waals surface area contributed by atoms with Gasteiger partial charge in [-0.15, -0.1) is 6.58 Å². The molecule has 0 aliphatic rings. The third kappa shape index (κ3) is 8.82. The molecule has 2 atom stereocenters. The fourth-order valence-electron chi connectivity index (χ4n) is 2.96. The molecule has 1 rings (SSSR count). The zero-order chi connectivity index (χ0) is 23.6. The van der Waals surface area contributed by atoms with Crippen molar-refractivity contribution in [2.75, 3.05) is 13.1 Å². The second-order valence-corrected chi connectivity index (χ2v) is 8.60. The van der Waals surface area contributed by atoms with Crippen molar-refractivity contribution in [3.8, 4) is 0 Å². The van der Waals surface area contributed by atoms with Crippen molar-refractivity contribution >= 4 is 17.9 Å². The van der Waals surface area contributed by atoms with Crippen LogP contribution in [0.3, 0.4) is 0 Å². The molecule has 0 spiro atoms. The lowest BCUT2D eigenvalue weighted by molar-refractivity contribution is -0.141. The number of nitrogens with one attached hydrogen (secondary N) is 2. The molecule has 2 N–H and O–H groups in total. The summed E-state index contributed by atoms with van der Waals surface area (Å²) in [6.07, 6.45) is 2.67. The normalized spacial score (nSPS) is 13.0. The molecule has 0 aromatic heterocycles. The first kappa shape index (κ1) is 26.2. The number of unbranched alkanes of at least 4 members (excludes halogenated alkanes) is 1. The summed E-state index contributed by atoms with van der Waals surface area (Å²) in [4.78, 5) is 40.0. The van der Waals surface area contributed by atoms with Gasteiger partial charge in [0.05, 0.1) is 0 Å². The predicted molar refractivity (Wildman–Crippen MR) is 123 cm³/mol. The van der Waals surface area contributed by atoms with E-state index >= 15 is 0 Å². The third-order valence-corrected chi connectivity index (χ3v) is 4.50. The van der Waals surface area contributed by atoms with Gasteiger partial charge >= 0.3 is 6.09 Å². The lowest BCUT2D eigenvalue weighted by atomic mass is 10.0. The number of hydrogen-bond donors (Lipinski definition) is 2. The molecule has 172 valence electrons. The van der Waals surface area contributed by atoms with Crippen LogP contribution < -0.4 is 10.6 Å². The second kappa shape index (κ2) is 12.1. The van der Waals surface area contributed by atoms with Crippen molar-refractivity contribution in [2.24, 2.45) is 0 Å². The van der Waals surface area contributed by atoms with Gasteiger partial charge in [0.15, 0.2) is 0 Å². The number of alkyl carbamates (subject to hydrolysis) is 1. The highest BCUT2D eigenvalue weighted by Gasteiger charge is 2.33. The van der Waals surface area contributed by atoms with E-state index in [-0.39, 0.29) is 12.5 Å². The summed E-state index contributed by atoms with van der Waals surface area (Å²) in [6, 6.07) is 5.77. The van der Waals surface area contributed by atoms with Crippen molar-refractivity contribution < 1.29 is 19.1 Å². The Morgan fingerprint density at radius 2 is 1.81 bits per heavy atom. The van der Waals surface area contributed by atoms with Crippen molar-refractivity contribution in [1.29, 1.82) is 0 Å². The fourth-order valence-corrected chi connectivity index (χ4v) is 2.96. The van der Waals surface area contributed by atoms with Crippen molar-refractivity contribution in [3.63, 3.8) is 0 Å². The monoisotopic (exact) mass is 431 g/mol. The fraction of sp³-hybridized carbons (Fsp3) is 0.542. The Kier molecular flexibility index (Phi) is 10.3. The van der Waals surface area contributed by atoms with Crippen LogP contribution in [0.1, 0.15) is 64.6 Å². The van der Waals surface area contributed by atoms with Gasteiger partial charge in [0.1, 0.15) is 17.7 Å². The molecule has 2 unspecified atom stereocenters. The van der Waals surface area contributed by atoms with E-state index in [1.165, 1.54) is 4.90 Å². The molecule has 0 saturated heterocycles. The smallest absolute Gasteiger partial charge is 0.408 e. The van der Waals surface area contributed by atoms with E-state index in [0.717, 1.165) is 18.4 Å². The van der Waals surface area contributed by atoms with Crippen molar-refractivity contribution in [3.05, 3.63) is 48.0 Å².